The standard InChI is InChI=1S/C16H25NO/c1-4-18-15-9-7-13(8-10-15)16(2,3)14-6-5-11-17-12-14/h7-10,14,17H,4-6,11-12H2,1-3H3. The number of nitrogens with one attached hydrogen (secondary N) is 1. The second-order valence-electron chi connectivity index (χ2n) is 5.72. The Morgan fingerprint density at radius 3 is 2.56 bits per heavy atom. The molecule has 0 radical (unpaired) electrons. The van der Waals surface area contributed by atoms with E-state index >= 15 is 0 Å². The average Bonchev–Trinajstić information content (AvgIpc) is 2.41. The van der Waals surface area contributed by atoms with E-state index in [4.69, 9.17) is 4.74 Å². The fourth-order valence-corrected chi connectivity index (χ4v) is 2.85. The van der Waals surface area contributed by atoms with Gasteiger partial charge in [0.25, 0.3) is 0 Å². The molecule has 0 saturated carbocycles. The number of rotatable bonds is 4. The van der Waals surface area contributed by atoms with Crippen molar-refractivity contribution in [3.8, 4) is 5.75 Å². The van der Waals surface area contributed by atoms with Gasteiger partial charge in [0.2, 0.25) is 0 Å². The molecule has 100 valence electrons. The van der Waals surface area contributed by atoms with Crippen LogP contribution in [-0.4, -0.2) is 19.7 Å². The fraction of sp³-hybridized carbons (Fsp3) is 0.625. The van der Waals surface area contributed by atoms with Crippen LogP contribution in [0.5, 0.6) is 5.75 Å². The molecule has 0 aliphatic carbocycles. The largest absolute Gasteiger partial charge is 0.494 e. The molecule has 2 heteroatoms. The first kappa shape index (κ1) is 13.4. The first-order chi connectivity index (χ1) is 8.64. The van der Waals surface area contributed by atoms with Crippen molar-refractivity contribution >= 4 is 0 Å². The van der Waals surface area contributed by atoms with Gasteiger partial charge in [-0.05, 0) is 61.9 Å². The van der Waals surface area contributed by atoms with Gasteiger partial charge in [-0.15, -0.1) is 0 Å². The van der Waals surface area contributed by atoms with E-state index in [2.05, 4.69) is 43.4 Å². The molecule has 1 aliphatic rings. The highest BCUT2D eigenvalue weighted by Crippen LogP contribution is 2.36. The van der Waals surface area contributed by atoms with Crippen molar-refractivity contribution in [1.82, 2.24) is 5.32 Å². The Morgan fingerprint density at radius 2 is 2.00 bits per heavy atom. The lowest BCUT2D eigenvalue weighted by Crippen LogP contribution is -2.40. The van der Waals surface area contributed by atoms with Crippen LogP contribution in [0.1, 0.15) is 39.2 Å². The van der Waals surface area contributed by atoms with Crippen molar-refractivity contribution in [2.24, 2.45) is 5.92 Å². The number of benzene rings is 1. The van der Waals surface area contributed by atoms with E-state index in [9.17, 15) is 0 Å². The third-order valence-corrected chi connectivity index (χ3v) is 4.23. The molecule has 1 aliphatic heterocycles. The summed E-state index contributed by atoms with van der Waals surface area (Å²) >= 11 is 0. The molecule has 2 rings (SSSR count). The lowest BCUT2D eigenvalue weighted by Gasteiger charge is -2.38. The van der Waals surface area contributed by atoms with Crippen LogP contribution in [0, 0.1) is 5.92 Å². The Bertz CT molecular complexity index is 363. The molecular weight excluding hydrogens is 222 g/mol. The molecule has 0 bridgehead atoms. The summed E-state index contributed by atoms with van der Waals surface area (Å²) in [6.45, 7) is 9.79. The minimum atomic E-state index is 0.234. The highest BCUT2D eigenvalue weighted by molar-refractivity contribution is 5.32. The second kappa shape index (κ2) is 5.75. The predicted molar refractivity (Wildman–Crippen MR) is 76.2 cm³/mol. The molecule has 1 fully saturated rings. The summed E-state index contributed by atoms with van der Waals surface area (Å²) in [5.74, 6) is 1.70. The van der Waals surface area contributed by atoms with Crippen molar-refractivity contribution in [2.45, 2.75) is 39.0 Å². The third-order valence-electron chi connectivity index (χ3n) is 4.23. The van der Waals surface area contributed by atoms with E-state index in [1.165, 1.54) is 24.9 Å². The molecule has 1 N–H and O–H groups in total. The van der Waals surface area contributed by atoms with Crippen molar-refractivity contribution in [2.75, 3.05) is 19.7 Å². The van der Waals surface area contributed by atoms with E-state index in [1.807, 2.05) is 6.92 Å². The van der Waals surface area contributed by atoms with Gasteiger partial charge in [0.1, 0.15) is 5.75 Å². The topological polar surface area (TPSA) is 21.3 Å². The predicted octanol–water partition coefficient (Wildman–Crippen LogP) is 3.36. The van der Waals surface area contributed by atoms with Gasteiger partial charge in [-0.2, -0.15) is 0 Å². The Labute approximate surface area is 111 Å². The van der Waals surface area contributed by atoms with Crippen LogP contribution in [0.15, 0.2) is 24.3 Å². The lowest BCUT2D eigenvalue weighted by atomic mass is 9.70. The van der Waals surface area contributed by atoms with E-state index < -0.39 is 0 Å². The van der Waals surface area contributed by atoms with E-state index in [0.717, 1.165) is 24.8 Å². The van der Waals surface area contributed by atoms with Crippen molar-refractivity contribution in [3.63, 3.8) is 0 Å². The molecule has 1 heterocycles. The molecule has 18 heavy (non-hydrogen) atoms. The van der Waals surface area contributed by atoms with E-state index in [1.54, 1.807) is 0 Å². The first-order valence-corrected chi connectivity index (χ1v) is 7.08. The Kier molecular flexibility index (Phi) is 4.28. The summed E-state index contributed by atoms with van der Waals surface area (Å²) in [6, 6.07) is 8.63. The molecule has 1 aromatic rings. The van der Waals surface area contributed by atoms with Gasteiger partial charge in [0, 0.05) is 0 Å². The number of piperidine rings is 1. The van der Waals surface area contributed by atoms with Gasteiger partial charge in [0.05, 0.1) is 6.61 Å². The average molecular weight is 247 g/mol. The summed E-state index contributed by atoms with van der Waals surface area (Å²) in [7, 11) is 0. The van der Waals surface area contributed by atoms with Gasteiger partial charge in [-0.3, -0.25) is 0 Å². The molecule has 0 aromatic heterocycles. The molecule has 1 atom stereocenters. The minimum Gasteiger partial charge on any atom is -0.494 e. The summed E-state index contributed by atoms with van der Waals surface area (Å²) in [6.07, 6.45) is 2.62. The van der Waals surface area contributed by atoms with Crippen LogP contribution < -0.4 is 10.1 Å². The van der Waals surface area contributed by atoms with Crippen LogP contribution in [0.25, 0.3) is 0 Å². The second-order valence-corrected chi connectivity index (χ2v) is 5.72. The number of hydrogen-bond acceptors (Lipinski definition) is 2. The zero-order chi connectivity index (χ0) is 13.0. The SMILES string of the molecule is CCOc1ccc(C(C)(C)C2CCCNC2)cc1. The maximum atomic E-state index is 5.51. The highest BCUT2D eigenvalue weighted by Gasteiger charge is 2.31. The molecule has 1 aromatic carbocycles. The van der Waals surface area contributed by atoms with Crippen LogP contribution in [0.3, 0.4) is 0 Å². The zero-order valence-electron chi connectivity index (χ0n) is 11.8. The maximum Gasteiger partial charge on any atom is 0.119 e. The molecule has 1 unspecified atom stereocenters. The van der Waals surface area contributed by atoms with E-state index in [0.29, 0.717) is 0 Å². The summed E-state index contributed by atoms with van der Waals surface area (Å²) in [5.41, 5.74) is 1.65. The van der Waals surface area contributed by atoms with Crippen LogP contribution in [0.4, 0.5) is 0 Å². The molecule has 2 nitrogen and oxygen atoms in total. The monoisotopic (exact) mass is 247 g/mol. The fourth-order valence-electron chi connectivity index (χ4n) is 2.85. The zero-order valence-corrected chi connectivity index (χ0v) is 11.8. The van der Waals surface area contributed by atoms with Crippen LogP contribution >= 0.6 is 0 Å². The molecule has 1 saturated heterocycles. The Balaban J connectivity index is 2.12. The smallest absolute Gasteiger partial charge is 0.119 e. The quantitative estimate of drug-likeness (QED) is 0.881. The minimum absolute atomic E-state index is 0.234. The van der Waals surface area contributed by atoms with Gasteiger partial charge < -0.3 is 10.1 Å². The van der Waals surface area contributed by atoms with Gasteiger partial charge in [-0.1, -0.05) is 26.0 Å². The highest BCUT2D eigenvalue weighted by atomic mass is 16.5. The molecular formula is C16H25NO. The van der Waals surface area contributed by atoms with Crippen molar-refractivity contribution in [1.29, 1.82) is 0 Å². The number of ether oxygens (including phenoxy) is 1. The van der Waals surface area contributed by atoms with Crippen molar-refractivity contribution in [3.05, 3.63) is 29.8 Å². The van der Waals surface area contributed by atoms with Crippen LogP contribution in [0.2, 0.25) is 0 Å². The van der Waals surface area contributed by atoms with E-state index in [-0.39, 0.29) is 5.41 Å². The Morgan fingerprint density at radius 1 is 1.28 bits per heavy atom. The Hall–Kier alpha value is -1.02. The van der Waals surface area contributed by atoms with Gasteiger partial charge >= 0.3 is 0 Å². The number of hydrogen-bond donors (Lipinski definition) is 1. The maximum absolute atomic E-state index is 5.51. The lowest BCUT2D eigenvalue weighted by molar-refractivity contribution is 0.251. The van der Waals surface area contributed by atoms with Gasteiger partial charge in [0.15, 0.2) is 0 Å². The third kappa shape index (κ3) is 2.86. The summed E-state index contributed by atoms with van der Waals surface area (Å²) < 4.78 is 5.51. The summed E-state index contributed by atoms with van der Waals surface area (Å²) in [4.78, 5) is 0. The van der Waals surface area contributed by atoms with Gasteiger partial charge in [-0.25, -0.2) is 0 Å². The van der Waals surface area contributed by atoms with Crippen LogP contribution in [-0.2, 0) is 5.41 Å². The summed E-state index contributed by atoms with van der Waals surface area (Å²) in [5, 5.41) is 3.52. The van der Waals surface area contributed by atoms with Crippen molar-refractivity contribution < 1.29 is 4.74 Å². The normalized spacial score (nSPS) is 20.7. The molecule has 0 amide bonds. The molecule has 0 spiro atoms. The first-order valence-electron chi connectivity index (χ1n) is 7.08.